The predicted octanol–water partition coefficient (Wildman–Crippen LogP) is 5.30. The van der Waals surface area contributed by atoms with Gasteiger partial charge in [0.2, 0.25) is 0 Å². The second-order valence-corrected chi connectivity index (χ2v) is 8.91. The number of alkyl halides is 3. The van der Waals surface area contributed by atoms with Crippen LogP contribution in [0.15, 0.2) is 91.3 Å². The Kier molecular flexibility index (Phi) is 8.27. The van der Waals surface area contributed by atoms with Crippen LogP contribution < -0.4 is 4.40 Å². The number of nitriles is 1. The van der Waals surface area contributed by atoms with Gasteiger partial charge in [-0.1, -0.05) is 66.7 Å². The number of aryl methyl sites for hydroxylation is 1. The minimum Gasteiger partial charge on any atom is -0.741 e. The van der Waals surface area contributed by atoms with E-state index in [1.807, 2.05) is 6.20 Å². The molecule has 0 aliphatic heterocycles. The quantitative estimate of drug-likeness (QED) is 0.177. The van der Waals surface area contributed by atoms with Gasteiger partial charge in [0.15, 0.2) is 27.2 Å². The van der Waals surface area contributed by atoms with E-state index in [0.29, 0.717) is 0 Å². The van der Waals surface area contributed by atoms with E-state index >= 15 is 0 Å². The molecule has 0 saturated heterocycles. The number of fused-ring (bicyclic) bond motifs is 3. The predicted molar refractivity (Wildman–Crippen MR) is 131 cm³/mol. The number of halogens is 3. The first-order valence-corrected chi connectivity index (χ1v) is 12.2. The third-order valence-electron chi connectivity index (χ3n) is 5.13. The molecule has 5 aromatic rings. The number of hydrogen-bond donors (Lipinski definition) is 0. The summed E-state index contributed by atoms with van der Waals surface area (Å²) in [5, 5.41) is 7.32. The van der Waals surface area contributed by atoms with Crippen molar-refractivity contribution >= 4 is 21.3 Å². The van der Waals surface area contributed by atoms with Crippen molar-refractivity contribution in [1.29, 1.82) is 5.26 Å². The summed E-state index contributed by atoms with van der Waals surface area (Å²) in [5.41, 5.74) is 1.34. The van der Waals surface area contributed by atoms with E-state index in [2.05, 4.69) is 106 Å². The second-order valence-electron chi connectivity index (χ2n) is 7.53. The maximum absolute atomic E-state index is 10.7. The molecule has 0 spiro atoms. The van der Waals surface area contributed by atoms with Crippen molar-refractivity contribution in [2.24, 2.45) is 0 Å². The molecule has 0 N–H and O–H groups in total. The molecule has 37 heavy (non-hydrogen) atoms. The normalized spacial score (nSPS) is 11.2. The molecule has 7 nitrogen and oxygen atoms in total. The lowest BCUT2D eigenvalue weighted by atomic mass is 9.98. The first-order chi connectivity index (χ1) is 17.5. The average Bonchev–Trinajstić information content (AvgIpc) is 3.25. The molecule has 0 saturated carbocycles. The lowest BCUT2D eigenvalue weighted by Gasteiger charge is -2.12. The van der Waals surface area contributed by atoms with Gasteiger partial charge >= 0.3 is 5.51 Å². The number of hydrogen-bond acceptors (Lipinski definition) is 5. The summed E-state index contributed by atoms with van der Waals surface area (Å²) in [4.78, 5) is 4.62. The molecule has 3 heterocycles. The van der Waals surface area contributed by atoms with E-state index in [0.717, 1.165) is 17.0 Å². The lowest BCUT2D eigenvalue weighted by Crippen LogP contribution is -2.28. The summed E-state index contributed by atoms with van der Waals surface area (Å²) in [5.74, 6) is 0.987. The highest BCUT2D eigenvalue weighted by Gasteiger charge is 2.37. The van der Waals surface area contributed by atoms with Crippen LogP contribution in [-0.2, 0) is 10.1 Å². The van der Waals surface area contributed by atoms with Gasteiger partial charge in [0, 0.05) is 25.5 Å². The Labute approximate surface area is 211 Å². The molecule has 0 aliphatic rings. The number of benzene rings is 2. The van der Waals surface area contributed by atoms with Gasteiger partial charge in [-0.2, -0.15) is 27.2 Å². The molecule has 3 aromatic heterocycles. The van der Waals surface area contributed by atoms with Crippen LogP contribution in [0.3, 0.4) is 0 Å². The Balaban J connectivity index is 0.000000295. The number of pyridine rings is 1. The zero-order valence-electron chi connectivity index (χ0n) is 19.7. The molecule has 11 heteroatoms. The summed E-state index contributed by atoms with van der Waals surface area (Å²) >= 11 is 0. The maximum atomic E-state index is 10.7. The third kappa shape index (κ3) is 5.94. The van der Waals surface area contributed by atoms with Gasteiger partial charge in [-0.25, -0.2) is 13.4 Å². The summed E-state index contributed by atoms with van der Waals surface area (Å²) < 4.78 is 63.4. The fraction of sp³-hybridized carbons (Fsp3) is 0.115. The number of nitrogens with zero attached hydrogens (tertiary/aromatic N) is 4. The molecular formula is C26H21F3N4O3S. The Bertz CT molecular complexity index is 1660. The standard InChI is InChI=1S/C23H18N3.C2H3N.CHF3O3S/c1-17-24-16-20-22(18-10-4-2-5-11-18)23(19-12-6-3-7-13-19)25-15-9-8-14-21(25)26(17)20;1-2-3;2-1(3,4)8(5,6)7/h2-16H,1H3;1H3;(H,5,6,7)/q+1;;/p-1. The van der Waals surface area contributed by atoms with Gasteiger partial charge in [-0.05, 0) is 11.6 Å². The van der Waals surface area contributed by atoms with Crippen molar-refractivity contribution in [1.82, 2.24) is 9.38 Å². The zero-order valence-corrected chi connectivity index (χ0v) is 20.5. The van der Waals surface area contributed by atoms with Crippen LogP contribution >= 0.6 is 0 Å². The Morgan fingerprint density at radius 2 is 1.43 bits per heavy atom. The monoisotopic (exact) mass is 526 g/mol. The van der Waals surface area contributed by atoms with E-state index in [4.69, 9.17) is 18.2 Å². The van der Waals surface area contributed by atoms with Crippen molar-refractivity contribution in [3.8, 4) is 28.5 Å². The number of aromatic nitrogens is 3. The SMILES string of the molecule is CC#N.Cc1ncc2c(-c3ccccc3)c(-c3ccccc3)[n+]3ccccc3n12.O=S(=O)([O-])C(F)(F)F. The Morgan fingerprint density at radius 1 is 0.946 bits per heavy atom. The van der Waals surface area contributed by atoms with Crippen LogP contribution in [0.25, 0.3) is 33.5 Å². The molecule has 0 fully saturated rings. The number of rotatable bonds is 2. The van der Waals surface area contributed by atoms with Crippen LogP contribution in [0.5, 0.6) is 0 Å². The number of imidazole rings is 1. The largest absolute Gasteiger partial charge is 0.741 e. The molecular weight excluding hydrogens is 505 g/mol. The van der Waals surface area contributed by atoms with E-state index in [9.17, 15) is 13.2 Å². The van der Waals surface area contributed by atoms with Crippen molar-refractivity contribution in [3.63, 3.8) is 0 Å². The molecule has 190 valence electrons. The van der Waals surface area contributed by atoms with Crippen molar-refractivity contribution in [3.05, 3.63) is 97.1 Å². The fourth-order valence-electron chi connectivity index (χ4n) is 3.73. The minimum absolute atomic E-state index is 0.987. The first-order valence-electron chi connectivity index (χ1n) is 10.8. The fourth-order valence-corrected chi connectivity index (χ4v) is 3.73. The van der Waals surface area contributed by atoms with Crippen LogP contribution in [0.1, 0.15) is 12.7 Å². The van der Waals surface area contributed by atoms with Crippen molar-refractivity contribution in [2.75, 3.05) is 0 Å². The van der Waals surface area contributed by atoms with Crippen molar-refractivity contribution in [2.45, 2.75) is 19.4 Å². The van der Waals surface area contributed by atoms with Gasteiger partial charge in [0.25, 0.3) is 5.65 Å². The van der Waals surface area contributed by atoms with E-state index in [1.54, 1.807) is 6.07 Å². The van der Waals surface area contributed by atoms with Gasteiger partial charge in [0.05, 0.1) is 24.0 Å². The van der Waals surface area contributed by atoms with Crippen LogP contribution in [0.2, 0.25) is 0 Å². The second kappa shape index (κ2) is 11.2. The highest BCUT2D eigenvalue weighted by Crippen LogP contribution is 2.34. The Hall–Kier alpha value is -4.27. The molecule has 0 amide bonds. The van der Waals surface area contributed by atoms with Gasteiger partial charge < -0.3 is 4.55 Å². The van der Waals surface area contributed by atoms with E-state index in [1.165, 1.54) is 29.3 Å². The highest BCUT2D eigenvalue weighted by atomic mass is 32.2. The molecule has 0 radical (unpaired) electrons. The molecule has 0 aliphatic carbocycles. The van der Waals surface area contributed by atoms with Crippen LogP contribution in [-0.4, -0.2) is 27.9 Å². The summed E-state index contributed by atoms with van der Waals surface area (Å²) in [6, 6.07) is 29.2. The van der Waals surface area contributed by atoms with E-state index < -0.39 is 15.6 Å². The van der Waals surface area contributed by atoms with Crippen LogP contribution in [0.4, 0.5) is 13.2 Å². The topological polar surface area (TPSA) is 102 Å². The highest BCUT2D eigenvalue weighted by molar-refractivity contribution is 7.86. The van der Waals surface area contributed by atoms with Gasteiger partial charge in [-0.15, -0.1) is 0 Å². The average molecular weight is 527 g/mol. The first kappa shape index (κ1) is 27.3. The van der Waals surface area contributed by atoms with Gasteiger partial charge in [0.1, 0.15) is 0 Å². The third-order valence-corrected chi connectivity index (χ3v) is 5.70. The lowest BCUT2D eigenvalue weighted by molar-refractivity contribution is -0.502. The molecule has 0 unspecified atom stereocenters. The minimum atomic E-state index is -6.09. The van der Waals surface area contributed by atoms with Crippen molar-refractivity contribution < 1.29 is 30.5 Å². The maximum Gasteiger partial charge on any atom is 0.485 e. The smallest absolute Gasteiger partial charge is 0.485 e. The molecule has 2 aromatic carbocycles. The Morgan fingerprint density at radius 3 is 1.95 bits per heavy atom. The summed E-state index contributed by atoms with van der Waals surface area (Å²) in [6.45, 7) is 3.48. The zero-order chi connectivity index (χ0) is 27.2. The molecule has 0 bridgehead atoms. The van der Waals surface area contributed by atoms with Crippen LogP contribution in [0, 0.1) is 18.3 Å². The molecule has 0 atom stereocenters. The summed E-state index contributed by atoms with van der Waals surface area (Å²) in [7, 11) is -6.09. The van der Waals surface area contributed by atoms with E-state index in [-0.39, 0.29) is 0 Å². The molecule has 5 rings (SSSR count). The van der Waals surface area contributed by atoms with Gasteiger partial charge in [-0.3, -0.25) is 0 Å². The summed E-state index contributed by atoms with van der Waals surface area (Å²) in [6.07, 6.45) is 4.11.